The smallest absolute Gasteiger partial charge is 0.262 e. The predicted molar refractivity (Wildman–Crippen MR) is 75.4 cm³/mol. The number of rotatable bonds is 1. The van der Waals surface area contributed by atoms with Crippen LogP contribution in [0.15, 0.2) is 4.79 Å². The normalized spacial score (nSPS) is 29.0. The van der Waals surface area contributed by atoms with Crippen LogP contribution in [-0.2, 0) is 4.74 Å². The monoisotopic (exact) mass is 278 g/mol. The van der Waals surface area contributed by atoms with E-state index in [2.05, 4.69) is 16.0 Å². The fraction of sp³-hybridized carbons (Fsp3) is 0.692. The number of ether oxygens (including phenoxy) is 1. The van der Waals surface area contributed by atoms with Crippen molar-refractivity contribution in [1.82, 2.24) is 9.97 Å². The van der Waals surface area contributed by atoms with Crippen LogP contribution in [0, 0.1) is 11.5 Å². The van der Waals surface area contributed by atoms with Crippen molar-refractivity contribution >= 4 is 11.8 Å². The van der Waals surface area contributed by atoms with Gasteiger partial charge in [0.2, 0.25) is 5.95 Å². The van der Waals surface area contributed by atoms with Crippen LogP contribution in [0.4, 0.5) is 11.8 Å². The van der Waals surface area contributed by atoms with Gasteiger partial charge in [0.05, 0.1) is 18.8 Å². The molecule has 2 aliphatic rings. The molecule has 109 valence electrons. The fourth-order valence-electron chi connectivity index (χ4n) is 3.21. The van der Waals surface area contributed by atoms with E-state index < -0.39 is 0 Å². The lowest BCUT2D eigenvalue weighted by atomic mass is 9.73. The highest BCUT2D eigenvalue weighted by atomic mass is 16.5. The second-order valence-electron chi connectivity index (χ2n) is 5.79. The van der Waals surface area contributed by atoms with Crippen molar-refractivity contribution in [3.8, 4) is 0 Å². The lowest BCUT2D eigenvalue weighted by molar-refractivity contribution is 0.0973. The third-order valence-electron chi connectivity index (χ3n) is 4.60. The number of anilines is 2. The molecule has 2 saturated heterocycles. The summed E-state index contributed by atoms with van der Waals surface area (Å²) in [5.41, 5.74) is 11.6. The lowest BCUT2D eigenvalue weighted by Crippen LogP contribution is -2.51. The summed E-state index contributed by atoms with van der Waals surface area (Å²) in [7, 11) is 0. The Morgan fingerprint density at radius 2 is 2.20 bits per heavy atom. The molecule has 2 fully saturated rings. The Hall–Kier alpha value is -1.60. The molecule has 2 aliphatic heterocycles. The molecule has 1 radical (unpaired) electrons. The van der Waals surface area contributed by atoms with E-state index in [9.17, 15) is 4.79 Å². The van der Waals surface area contributed by atoms with Crippen LogP contribution < -0.4 is 21.9 Å². The first-order chi connectivity index (χ1) is 9.50. The Labute approximate surface area is 117 Å². The van der Waals surface area contributed by atoms with Crippen molar-refractivity contribution in [2.75, 3.05) is 30.3 Å². The van der Waals surface area contributed by atoms with E-state index in [1.807, 2.05) is 11.8 Å². The van der Waals surface area contributed by atoms with Gasteiger partial charge in [0, 0.05) is 24.5 Å². The summed E-state index contributed by atoms with van der Waals surface area (Å²) in [5.74, 6) is 0.639. The zero-order valence-electron chi connectivity index (χ0n) is 11.6. The number of nitrogens with one attached hydrogen (secondary N) is 1. The minimum atomic E-state index is -0.345. The van der Waals surface area contributed by atoms with Crippen molar-refractivity contribution in [2.45, 2.75) is 31.9 Å². The number of hydrogen-bond donors (Lipinski definition) is 3. The maximum atomic E-state index is 11.4. The third kappa shape index (κ3) is 2.16. The second kappa shape index (κ2) is 4.75. The SMILES string of the molecule is C[C@@H]1OCC2(CCN(c3nc(N)[c]c(=O)[nH]3)CC2)[C@@H]1N. The minimum Gasteiger partial charge on any atom is -0.383 e. The molecule has 0 amide bonds. The lowest BCUT2D eigenvalue weighted by Gasteiger charge is -2.41. The molecule has 3 rings (SSSR count). The van der Waals surface area contributed by atoms with Crippen LogP contribution in [0.25, 0.3) is 0 Å². The number of nitrogens with two attached hydrogens (primary N) is 2. The highest BCUT2D eigenvalue weighted by Crippen LogP contribution is 2.41. The van der Waals surface area contributed by atoms with Gasteiger partial charge in [-0.15, -0.1) is 0 Å². The van der Waals surface area contributed by atoms with Crippen LogP contribution in [0.1, 0.15) is 19.8 Å². The molecule has 7 heteroatoms. The topological polar surface area (TPSA) is 110 Å². The number of hydrogen-bond acceptors (Lipinski definition) is 6. The van der Waals surface area contributed by atoms with Crippen molar-refractivity contribution in [2.24, 2.45) is 11.1 Å². The molecule has 2 atom stereocenters. The third-order valence-corrected chi connectivity index (χ3v) is 4.60. The molecular weight excluding hydrogens is 258 g/mol. The van der Waals surface area contributed by atoms with E-state index in [1.165, 1.54) is 0 Å². The van der Waals surface area contributed by atoms with Crippen LogP contribution in [-0.4, -0.2) is 41.8 Å². The van der Waals surface area contributed by atoms with E-state index in [4.69, 9.17) is 16.2 Å². The van der Waals surface area contributed by atoms with Gasteiger partial charge in [-0.1, -0.05) is 0 Å². The summed E-state index contributed by atoms with van der Waals surface area (Å²) in [6.07, 6.45) is 1.98. The van der Waals surface area contributed by atoms with Gasteiger partial charge in [-0.05, 0) is 19.8 Å². The Morgan fingerprint density at radius 1 is 1.50 bits per heavy atom. The predicted octanol–water partition coefficient (Wildman–Crippen LogP) is -0.515. The van der Waals surface area contributed by atoms with Gasteiger partial charge in [-0.3, -0.25) is 9.78 Å². The number of H-pyrrole nitrogens is 1. The summed E-state index contributed by atoms with van der Waals surface area (Å²) in [4.78, 5) is 20.2. The van der Waals surface area contributed by atoms with Gasteiger partial charge in [-0.2, -0.15) is 4.98 Å². The van der Waals surface area contributed by atoms with E-state index in [0.717, 1.165) is 32.5 Å². The molecule has 20 heavy (non-hydrogen) atoms. The average Bonchev–Trinajstić information content (AvgIpc) is 2.68. The van der Waals surface area contributed by atoms with Gasteiger partial charge in [-0.25, -0.2) is 0 Å². The molecular formula is C13H20N5O2. The molecule has 1 aromatic heterocycles. The fourth-order valence-corrected chi connectivity index (χ4v) is 3.21. The zero-order valence-corrected chi connectivity index (χ0v) is 11.6. The van der Waals surface area contributed by atoms with Crippen molar-refractivity contribution < 1.29 is 4.74 Å². The van der Waals surface area contributed by atoms with Crippen molar-refractivity contribution in [3.63, 3.8) is 0 Å². The Kier molecular flexibility index (Phi) is 3.18. The van der Waals surface area contributed by atoms with Crippen LogP contribution >= 0.6 is 0 Å². The molecule has 7 nitrogen and oxygen atoms in total. The first-order valence-corrected chi connectivity index (χ1v) is 6.91. The average molecular weight is 278 g/mol. The quantitative estimate of drug-likeness (QED) is 0.638. The summed E-state index contributed by atoms with van der Waals surface area (Å²) in [6.45, 7) is 4.32. The standard InChI is InChI=1S/C13H20N5O2/c1-8-11(15)13(7-20-8)2-4-18(5-3-13)12-16-9(14)6-10(19)17-12/h8,11H,2-5,7,15H2,1H3,(H3,14,16,17,19)/t8-,11+/m0/s1. The van der Waals surface area contributed by atoms with Crippen molar-refractivity contribution in [1.29, 1.82) is 0 Å². The Morgan fingerprint density at radius 3 is 2.75 bits per heavy atom. The molecule has 0 aromatic carbocycles. The highest BCUT2D eigenvalue weighted by Gasteiger charge is 2.47. The first-order valence-electron chi connectivity index (χ1n) is 6.91. The largest absolute Gasteiger partial charge is 0.383 e. The molecule has 0 aliphatic carbocycles. The van der Waals surface area contributed by atoms with E-state index in [0.29, 0.717) is 5.95 Å². The van der Waals surface area contributed by atoms with E-state index >= 15 is 0 Å². The van der Waals surface area contributed by atoms with Gasteiger partial charge < -0.3 is 21.1 Å². The molecule has 1 aromatic rings. The number of nitrogen functional groups attached to an aromatic ring is 1. The highest BCUT2D eigenvalue weighted by molar-refractivity contribution is 5.37. The van der Waals surface area contributed by atoms with E-state index in [-0.39, 0.29) is 28.9 Å². The van der Waals surface area contributed by atoms with Crippen LogP contribution in [0.2, 0.25) is 0 Å². The maximum Gasteiger partial charge on any atom is 0.262 e. The maximum absolute atomic E-state index is 11.4. The molecule has 0 saturated carbocycles. The van der Waals surface area contributed by atoms with Gasteiger partial charge in [0.25, 0.3) is 5.56 Å². The minimum absolute atomic E-state index is 0.0582. The molecule has 0 unspecified atom stereocenters. The van der Waals surface area contributed by atoms with Gasteiger partial charge >= 0.3 is 0 Å². The summed E-state index contributed by atoms with van der Waals surface area (Å²) >= 11 is 0. The number of piperidine rings is 1. The van der Waals surface area contributed by atoms with Crippen LogP contribution in [0.5, 0.6) is 0 Å². The molecule has 3 heterocycles. The first kappa shape index (κ1) is 13.4. The second-order valence-corrected chi connectivity index (χ2v) is 5.79. The Balaban J connectivity index is 1.74. The summed E-state index contributed by atoms with van der Waals surface area (Å²) < 4.78 is 5.70. The summed E-state index contributed by atoms with van der Waals surface area (Å²) in [6, 6.07) is 2.47. The zero-order chi connectivity index (χ0) is 14.3. The number of aromatic nitrogens is 2. The number of aromatic amines is 1. The summed E-state index contributed by atoms with van der Waals surface area (Å²) in [5, 5.41) is 0. The van der Waals surface area contributed by atoms with Crippen molar-refractivity contribution in [3.05, 3.63) is 16.4 Å². The van der Waals surface area contributed by atoms with Crippen LogP contribution in [0.3, 0.4) is 0 Å². The molecule has 0 bridgehead atoms. The Bertz CT molecular complexity index is 550. The van der Waals surface area contributed by atoms with Gasteiger partial charge in [0.1, 0.15) is 5.82 Å². The van der Waals surface area contributed by atoms with Gasteiger partial charge in [0.15, 0.2) is 0 Å². The number of nitrogens with zero attached hydrogens (tertiary/aromatic N) is 2. The molecule has 1 spiro atoms. The molecule has 5 N–H and O–H groups in total. The van der Waals surface area contributed by atoms with E-state index in [1.54, 1.807) is 0 Å².